The van der Waals surface area contributed by atoms with Gasteiger partial charge in [-0.2, -0.15) is 0 Å². The number of anilines is 2. The summed E-state index contributed by atoms with van der Waals surface area (Å²) < 4.78 is 40.7. The molecule has 3 aromatic rings. The van der Waals surface area contributed by atoms with Crippen LogP contribution in [0.15, 0.2) is 30.5 Å². The number of rotatable bonds is 8. The van der Waals surface area contributed by atoms with Crippen LogP contribution in [0.3, 0.4) is 0 Å². The summed E-state index contributed by atoms with van der Waals surface area (Å²) in [5.41, 5.74) is 0.914. The van der Waals surface area contributed by atoms with Gasteiger partial charge in [0.25, 0.3) is 0 Å². The summed E-state index contributed by atoms with van der Waals surface area (Å²) in [6.45, 7) is 7.14. The van der Waals surface area contributed by atoms with E-state index in [1.165, 1.54) is 6.07 Å². The SMILES string of the molecule is CCOC(=O)c1c(NCCN2CCOCC2)nn2ccc(N3CCC[C@@H]3c3cc(F)ccc3F)nc12. The fraction of sp³-hybridized carbons (Fsp3) is 0.480. The highest BCUT2D eigenvalue weighted by atomic mass is 19.1. The molecule has 0 spiro atoms. The minimum Gasteiger partial charge on any atom is -0.462 e. The second kappa shape index (κ2) is 10.8. The second-order valence-corrected chi connectivity index (χ2v) is 8.90. The fourth-order valence-corrected chi connectivity index (χ4v) is 4.89. The summed E-state index contributed by atoms with van der Waals surface area (Å²) >= 11 is 0. The molecule has 1 N–H and O–H groups in total. The van der Waals surface area contributed by atoms with Gasteiger partial charge in [0.1, 0.15) is 23.0 Å². The number of hydrogen-bond acceptors (Lipinski definition) is 8. The Morgan fingerprint density at radius 1 is 1.22 bits per heavy atom. The number of benzene rings is 1. The van der Waals surface area contributed by atoms with E-state index in [2.05, 4.69) is 15.3 Å². The number of esters is 1. The Hall–Kier alpha value is -3.31. The van der Waals surface area contributed by atoms with E-state index in [1.807, 2.05) is 4.90 Å². The molecular formula is C25H30F2N6O3. The summed E-state index contributed by atoms with van der Waals surface area (Å²) in [6.07, 6.45) is 3.21. The van der Waals surface area contributed by atoms with Crippen LogP contribution in [0, 0.1) is 11.6 Å². The van der Waals surface area contributed by atoms with Crippen molar-refractivity contribution in [2.75, 3.05) is 62.8 Å². The molecule has 11 heteroatoms. The molecule has 36 heavy (non-hydrogen) atoms. The third kappa shape index (κ3) is 4.98. The number of hydrogen-bond donors (Lipinski definition) is 1. The van der Waals surface area contributed by atoms with Crippen LogP contribution >= 0.6 is 0 Å². The van der Waals surface area contributed by atoms with E-state index in [0.29, 0.717) is 55.6 Å². The van der Waals surface area contributed by atoms with Gasteiger partial charge >= 0.3 is 5.97 Å². The average Bonchev–Trinajstić information content (AvgIpc) is 3.50. The molecular weight excluding hydrogens is 470 g/mol. The summed E-state index contributed by atoms with van der Waals surface area (Å²) in [5, 5.41) is 7.81. The third-order valence-electron chi connectivity index (χ3n) is 6.64. The lowest BCUT2D eigenvalue weighted by molar-refractivity contribution is 0.0398. The standard InChI is InChI=1S/C25H30F2N6O3/c1-2-36-25(34)22-23(28-8-11-31-12-14-35-15-13-31)30-33-10-7-21(29-24(22)33)32-9-3-4-20(32)18-16-17(26)5-6-19(18)27/h5-7,10,16,20H,2-4,8-9,11-15H2,1H3,(H,28,30)/t20-/m1/s1. The molecule has 9 nitrogen and oxygen atoms in total. The van der Waals surface area contributed by atoms with Crippen molar-refractivity contribution in [2.45, 2.75) is 25.8 Å². The van der Waals surface area contributed by atoms with E-state index in [1.54, 1.807) is 23.7 Å². The van der Waals surface area contributed by atoms with Gasteiger partial charge in [-0.25, -0.2) is 23.1 Å². The zero-order valence-electron chi connectivity index (χ0n) is 20.3. The summed E-state index contributed by atoms with van der Waals surface area (Å²) in [7, 11) is 0. The number of nitrogens with one attached hydrogen (secondary N) is 1. The molecule has 0 saturated carbocycles. The lowest BCUT2D eigenvalue weighted by Crippen LogP contribution is -2.39. The van der Waals surface area contributed by atoms with Crippen LogP contribution in [0.25, 0.3) is 5.65 Å². The van der Waals surface area contributed by atoms with Gasteiger partial charge in [0, 0.05) is 44.5 Å². The first-order valence-electron chi connectivity index (χ1n) is 12.4. The van der Waals surface area contributed by atoms with E-state index in [4.69, 9.17) is 14.5 Å². The number of carbonyl (C=O) groups is 1. The molecule has 2 fully saturated rings. The van der Waals surface area contributed by atoms with E-state index < -0.39 is 17.6 Å². The van der Waals surface area contributed by atoms with Crippen molar-refractivity contribution in [3.63, 3.8) is 0 Å². The summed E-state index contributed by atoms with van der Waals surface area (Å²) in [4.78, 5) is 21.9. The van der Waals surface area contributed by atoms with Crippen LogP contribution in [0.4, 0.5) is 20.4 Å². The number of nitrogens with zero attached hydrogens (tertiary/aromatic N) is 5. The Morgan fingerprint density at radius 3 is 2.86 bits per heavy atom. The van der Waals surface area contributed by atoms with Gasteiger partial charge in [0.15, 0.2) is 11.5 Å². The van der Waals surface area contributed by atoms with Crippen molar-refractivity contribution in [1.82, 2.24) is 19.5 Å². The van der Waals surface area contributed by atoms with Crippen molar-refractivity contribution in [3.8, 4) is 0 Å². The average molecular weight is 501 g/mol. The first-order chi connectivity index (χ1) is 17.5. The predicted octanol–water partition coefficient (Wildman–Crippen LogP) is 3.27. The molecule has 0 bridgehead atoms. The largest absolute Gasteiger partial charge is 0.462 e. The number of carbonyl (C=O) groups excluding carboxylic acids is 1. The normalized spacial score (nSPS) is 18.6. The summed E-state index contributed by atoms with van der Waals surface area (Å²) in [6, 6.07) is 4.95. The Bertz CT molecular complexity index is 1230. The maximum Gasteiger partial charge on any atom is 0.345 e. The van der Waals surface area contributed by atoms with Crippen molar-refractivity contribution < 1.29 is 23.0 Å². The Balaban J connectivity index is 1.44. The predicted molar refractivity (Wildman–Crippen MR) is 130 cm³/mol. The van der Waals surface area contributed by atoms with Crippen LogP contribution < -0.4 is 10.2 Å². The summed E-state index contributed by atoms with van der Waals surface area (Å²) in [5.74, 6) is -0.466. The molecule has 1 aromatic carbocycles. The molecule has 1 atom stereocenters. The number of halogens is 2. The van der Waals surface area contributed by atoms with E-state index >= 15 is 0 Å². The topological polar surface area (TPSA) is 84.2 Å². The smallest absolute Gasteiger partial charge is 0.345 e. The third-order valence-corrected chi connectivity index (χ3v) is 6.64. The van der Waals surface area contributed by atoms with Gasteiger partial charge in [-0.15, -0.1) is 5.10 Å². The van der Waals surface area contributed by atoms with Gasteiger partial charge in [0.05, 0.1) is 25.9 Å². The lowest BCUT2D eigenvalue weighted by atomic mass is 10.0. The van der Waals surface area contributed by atoms with Gasteiger partial charge < -0.3 is 19.7 Å². The van der Waals surface area contributed by atoms with Gasteiger partial charge in [-0.1, -0.05) is 0 Å². The number of aromatic nitrogens is 3. The van der Waals surface area contributed by atoms with Crippen molar-refractivity contribution >= 4 is 23.3 Å². The highest BCUT2D eigenvalue weighted by Gasteiger charge is 2.31. The highest BCUT2D eigenvalue weighted by Crippen LogP contribution is 2.37. The molecule has 192 valence electrons. The zero-order chi connectivity index (χ0) is 25.1. The van der Waals surface area contributed by atoms with E-state index in [9.17, 15) is 13.6 Å². The number of morpholine rings is 1. The lowest BCUT2D eigenvalue weighted by Gasteiger charge is -2.26. The van der Waals surface area contributed by atoms with Gasteiger partial charge in [-0.3, -0.25) is 4.90 Å². The molecule has 0 unspecified atom stereocenters. The van der Waals surface area contributed by atoms with E-state index in [-0.39, 0.29) is 18.2 Å². The van der Waals surface area contributed by atoms with Gasteiger partial charge in [-0.05, 0) is 44.0 Å². The quantitative estimate of drug-likeness (QED) is 0.472. The highest BCUT2D eigenvalue weighted by molar-refractivity contribution is 6.01. The molecule has 5 rings (SSSR count). The maximum atomic E-state index is 14.6. The minimum absolute atomic E-state index is 0.218. The monoisotopic (exact) mass is 500 g/mol. The second-order valence-electron chi connectivity index (χ2n) is 8.90. The molecule has 2 aliphatic rings. The Kier molecular flexibility index (Phi) is 7.28. The molecule has 2 aliphatic heterocycles. The zero-order valence-corrected chi connectivity index (χ0v) is 20.3. The van der Waals surface area contributed by atoms with Gasteiger partial charge in [0.2, 0.25) is 0 Å². The Morgan fingerprint density at radius 2 is 2.06 bits per heavy atom. The van der Waals surface area contributed by atoms with Crippen molar-refractivity contribution in [3.05, 3.63) is 53.2 Å². The number of fused-ring (bicyclic) bond motifs is 1. The van der Waals surface area contributed by atoms with E-state index in [0.717, 1.165) is 38.2 Å². The Labute approximate surface area is 208 Å². The molecule has 4 heterocycles. The van der Waals surface area contributed by atoms with Crippen LogP contribution in [0.1, 0.15) is 41.7 Å². The van der Waals surface area contributed by atoms with Crippen LogP contribution in [-0.2, 0) is 9.47 Å². The first-order valence-corrected chi connectivity index (χ1v) is 12.4. The van der Waals surface area contributed by atoms with Crippen molar-refractivity contribution in [1.29, 1.82) is 0 Å². The molecule has 2 saturated heterocycles. The van der Waals surface area contributed by atoms with Crippen LogP contribution in [-0.4, -0.2) is 78.0 Å². The molecule has 0 radical (unpaired) electrons. The maximum absolute atomic E-state index is 14.6. The van der Waals surface area contributed by atoms with Crippen molar-refractivity contribution in [2.24, 2.45) is 0 Å². The van der Waals surface area contributed by atoms with Crippen LogP contribution in [0.2, 0.25) is 0 Å². The fourth-order valence-electron chi connectivity index (χ4n) is 4.89. The minimum atomic E-state index is -0.514. The number of ether oxygens (including phenoxy) is 2. The first kappa shape index (κ1) is 24.4. The molecule has 0 aliphatic carbocycles. The van der Waals surface area contributed by atoms with Crippen LogP contribution in [0.5, 0.6) is 0 Å². The molecule has 0 amide bonds. The molecule has 2 aromatic heterocycles.